The summed E-state index contributed by atoms with van der Waals surface area (Å²) in [5, 5.41) is 2.70. The van der Waals surface area contributed by atoms with Gasteiger partial charge in [-0.1, -0.05) is 38.2 Å². The number of hydrogen-bond acceptors (Lipinski definition) is 6. The normalized spacial score (nSPS) is 17.0. The molecule has 4 rings (SSSR count). The molecule has 1 saturated carbocycles. The third kappa shape index (κ3) is 6.34. The Morgan fingerprint density at radius 2 is 1.79 bits per heavy atom. The number of hydrogen-bond donors (Lipinski definition) is 2. The van der Waals surface area contributed by atoms with E-state index in [1.54, 1.807) is 9.80 Å². The van der Waals surface area contributed by atoms with E-state index in [4.69, 9.17) is 10.5 Å². The first kappa shape index (κ1) is 22.8. The largest absolute Gasteiger partial charge is 0.494 e. The maximum atomic E-state index is 13.0. The first-order valence-corrected chi connectivity index (χ1v) is 11.7. The Bertz CT molecular complexity index is 937. The van der Waals surface area contributed by atoms with Crippen molar-refractivity contribution in [2.75, 3.05) is 43.8 Å². The topological polar surface area (TPSA) is 114 Å². The zero-order valence-corrected chi connectivity index (χ0v) is 18.9. The molecule has 1 aromatic heterocycles. The number of urea groups is 1. The van der Waals surface area contributed by atoms with Crippen molar-refractivity contribution < 1.29 is 14.3 Å². The van der Waals surface area contributed by atoms with Crippen molar-refractivity contribution in [3.8, 4) is 5.75 Å². The second-order valence-electron chi connectivity index (χ2n) is 8.70. The van der Waals surface area contributed by atoms with Gasteiger partial charge < -0.3 is 20.3 Å². The Morgan fingerprint density at radius 1 is 1.03 bits per heavy atom. The highest BCUT2D eigenvalue weighted by Gasteiger charge is 2.25. The molecule has 0 unspecified atom stereocenters. The predicted octanol–water partition coefficient (Wildman–Crippen LogP) is 3.40. The molecule has 1 saturated heterocycles. The lowest BCUT2D eigenvalue weighted by atomic mass is 9.87. The number of ether oxygens (including phenoxy) is 1. The Hall–Kier alpha value is -3.36. The van der Waals surface area contributed by atoms with E-state index in [-0.39, 0.29) is 11.9 Å². The van der Waals surface area contributed by atoms with Gasteiger partial charge in [0.15, 0.2) is 5.82 Å². The number of piperazine rings is 1. The molecule has 2 aliphatic rings. The second-order valence-corrected chi connectivity index (χ2v) is 8.70. The number of rotatable bonds is 6. The average Bonchev–Trinajstić information content (AvgIpc) is 2.86. The fourth-order valence-electron chi connectivity index (χ4n) is 4.42. The fraction of sp³-hybridized carbons (Fsp3) is 0.500. The molecular formula is C24H32N6O3. The van der Waals surface area contributed by atoms with E-state index in [1.165, 1.54) is 44.5 Å². The van der Waals surface area contributed by atoms with Gasteiger partial charge in [0.2, 0.25) is 0 Å². The van der Waals surface area contributed by atoms with Gasteiger partial charge in [-0.25, -0.2) is 14.8 Å². The monoisotopic (exact) mass is 452 g/mol. The third-order valence-corrected chi connectivity index (χ3v) is 6.36. The van der Waals surface area contributed by atoms with Crippen LogP contribution in [0.15, 0.2) is 36.7 Å². The summed E-state index contributed by atoms with van der Waals surface area (Å²) in [7, 11) is 0. The number of nitrogens with one attached hydrogen (secondary N) is 1. The summed E-state index contributed by atoms with van der Waals surface area (Å²) in [6.07, 6.45) is 10.5. The smallest absolute Gasteiger partial charge is 0.323 e. The second kappa shape index (κ2) is 11.0. The molecule has 1 aromatic carbocycles. The highest BCUT2D eigenvalue weighted by Crippen LogP contribution is 2.26. The molecule has 0 atom stereocenters. The van der Waals surface area contributed by atoms with Crippen molar-refractivity contribution in [2.24, 2.45) is 5.92 Å². The van der Waals surface area contributed by atoms with Crippen LogP contribution in [0.2, 0.25) is 0 Å². The lowest BCUT2D eigenvalue weighted by Crippen LogP contribution is -2.51. The molecule has 3 N–H and O–H groups in total. The number of benzene rings is 1. The van der Waals surface area contributed by atoms with Gasteiger partial charge in [0.05, 0.1) is 19.0 Å². The van der Waals surface area contributed by atoms with E-state index in [1.807, 2.05) is 24.3 Å². The van der Waals surface area contributed by atoms with Crippen molar-refractivity contribution >= 4 is 23.6 Å². The zero-order valence-electron chi connectivity index (χ0n) is 18.9. The van der Waals surface area contributed by atoms with Crippen LogP contribution in [0.3, 0.4) is 0 Å². The highest BCUT2D eigenvalue weighted by molar-refractivity contribution is 5.95. The van der Waals surface area contributed by atoms with Gasteiger partial charge in [-0.3, -0.25) is 10.1 Å². The van der Waals surface area contributed by atoms with Crippen LogP contribution >= 0.6 is 0 Å². The molecule has 0 spiro atoms. The fourth-order valence-corrected chi connectivity index (χ4v) is 4.42. The molecule has 3 amide bonds. The summed E-state index contributed by atoms with van der Waals surface area (Å²) in [5.74, 6) is 2.09. The Kier molecular flexibility index (Phi) is 7.59. The van der Waals surface area contributed by atoms with Crippen LogP contribution in [0.5, 0.6) is 5.75 Å². The van der Waals surface area contributed by atoms with E-state index in [0.29, 0.717) is 50.0 Å². The number of aromatic nitrogens is 2. The van der Waals surface area contributed by atoms with E-state index in [2.05, 4.69) is 15.3 Å². The van der Waals surface area contributed by atoms with E-state index in [0.717, 1.165) is 18.1 Å². The van der Waals surface area contributed by atoms with Gasteiger partial charge in [-0.05, 0) is 30.5 Å². The van der Waals surface area contributed by atoms with Crippen molar-refractivity contribution in [3.63, 3.8) is 0 Å². The summed E-state index contributed by atoms with van der Waals surface area (Å²) in [6, 6.07) is 7.13. The molecule has 1 aliphatic carbocycles. The minimum Gasteiger partial charge on any atom is -0.494 e. The first-order valence-electron chi connectivity index (χ1n) is 11.7. The SMILES string of the molecule is Nc1cnc(NC(=O)N2CCN(C(=O)c3cccc(OCCC4CCCCC4)c3)CC2)cn1. The van der Waals surface area contributed by atoms with Crippen molar-refractivity contribution in [2.45, 2.75) is 38.5 Å². The zero-order chi connectivity index (χ0) is 23.0. The minimum absolute atomic E-state index is 0.0443. The number of carbonyl (C=O) groups excluding carboxylic acids is 2. The maximum absolute atomic E-state index is 13.0. The summed E-state index contributed by atoms with van der Waals surface area (Å²) < 4.78 is 5.95. The first-order chi connectivity index (χ1) is 16.1. The maximum Gasteiger partial charge on any atom is 0.323 e. The van der Waals surface area contributed by atoms with E-state index < -0.39 is 0 Å². The van der Waals surface area contributed by atoms with Crippen LogP contribution < -0.4 is 15.8 Å². The van der Waals surface area contributed by atoms with Crippen molar-refractivity contribution in [1.82, 2.24) is 19.8 Å². The van der Waals surface area contributed by atoms with Gasteiger partial charge in [0.25, 0.3) is 5.91 Å². The number of amides is 3. The number of anilines is 2. The van der Waals surface area contributed by atoms with Crippen LogP contribution in [0, 0.1) is 5.92 Å². The van der Waals surface area contributed by atoms with Gasteiger partial charge in [0.1, 0.15) is 11.6 Å². The van der Waals surface area contributed by atoms with Gasteiger partial charge in [0, 0.05) is 31.7 Å². The standard InChI is InChI=1S/C24H32N6O3/c25-21-16-27-22(17-26-21)28-24(32)30-12-10-29(11-13-30)23(31)19-7-4-8-20(15-19)33-14-9-18-5-2-1-3-6-18/h4,7-8,15-18H,1-3,5-6,9-14H2,(H2,25,26)(H,27,28,32). The van der Waals surface area contributed by atoms with Crippen LogP contribution in [0.25, 0.3) is 0 Å². The summed E-state index contributed by atoms with van der Waals surface area (Å²) in [6.45, 7) is 2.50. The molecule has 2 heterocycles. The Labute approximate surface area is 194 Å². The number of carbonyl (C=O) groups is 2. The van der Waals surface area contributed by atoms with Gasteiger partial charge >= 0.3 is 6.03 Å². The number of nitrogens with two attached hydrogens (primary N) is 1. The minimum atomic E-state index is -0.269. The number of nitrogen functional groups attached to an aromatic ring is 1. The molecule has 0 bridgehead atoms. The average molecular weight is 453 g/mol. The van der Waals surface area contributed by atoms with E-state index in [9.17, 15) is 9.59 Å². The molecule has 0 radical (unpaired) electrons. The molecule has 9 heteroatoms. The molecular weight excluding hydrogens is 420 g/mol. The van der Waals surface area contributed by atoms with Crippen LogP contribution in [-0.4, -0.2) is 64.5 Å². The van der Waals surface area contributed by atoms with Crippen molar-refractivity contribution in [3.05, 3.63) is 42.2 Å². The molecule has 1 aliphatic heterocycles. The van der Waals surface area contributed by atoms with Gasteiger partial charge in [-0.15, -0.1) is 0 Å². The Morgan fingerprint density at radius 3 is 2.52 bits per heavy atom. The summed E-state index contributed by atoms with van der Waals surface area (Å²) in [4.78, 5) is 36.8. The lowest BCUT2D eigenvalue weighted by molar-refractivity contribution is 0.0671. The van der Waals surface area contributed by atoms with Crippen molar-refractivity contribution in [1.29, 1.82) is 0 Å². The van der Waals surface area contributed by atoms with Crippen LogP contribution in [-0.2, 0) is 0 Å². The van der Waals surface area contributed by atoms with Crippen LogP contribution in [0.4, 0.5) is 16.4 Å². The highest BCUT2D eigenvalue weighted by atomic mass is 16.5. The van der Waals surface area contributed by atoms with Gasteiger partial charge in [-0.2, -0.15) is 0 Å². The number of nitrogens with zero attached hydrogens (tertiary/aromatic N) is 4. The molecule has 2 fully saturated rings. The molecule has 176 valence electrons. The van der Waals surface area contributed by atoms with E-state index >= 15 is 0 Å². The predicted molar refractivity (Wildman–Crippen MR) is 126 cm³/mol. The van der Waals surface area contributed by atoms with Crippen LogP contribution in [0.1, 0.15) is 48.9 Å². The molecule has 2 aromatic rings. The Balaban J connectivity index is 1.24. The third-order valence-electron chi connectivity index (χ3n) is 6.36. The summed E-state index contributed by atoms with van der Waals surface area (Å²) >= 11 is 0. The molecule has 33 heavy (non-hydrogen) atoms. The quantitative estimate of drug-likeness (QED) is 0.694. The summed E-state index contributed by atoms with van der Waals surface area (Å²) in [5.41, 5.74) is 6.13. The molecule has 9 nitrogen and oxygen atoms in total. The lowest BCUT2D eigenvalue weighted by Gasteiger charge is -2.34.